The number of nitro benzene ring substituents is 1. The van der Waals surface area contributed by atoms with Crippen molar-refractivity contribution < 1.29 is 14.8 Å². The maximum Gasteiger partial charge on any atom is 0.335 e. The van der Waals surface area contributed by atoms with E-state index in [-0.39, 0.29) is 23.0 Å². The summed E-state index contributed by atoms with van der Waals surface area (Å²) in [6.07, 6.45) is 6.30. The van der Waals surface area contributed by atoms with Gasteiger partial charge in [0.25, 0.3) is 5.69 Å². The number of nitro groups is 1. The molecule has 0 aliphatic carbocycles. The Bertz CT molecular complexity index is 534. The van der Waals surface area contributed by atoms with Crippen molar-refractivity contribution in [3.63, 3.8) is 0 Å². The van der Waals surface area contributed by atoms with E-state index in [0.717, 1.165) is 0 Å². The highest BCUT2D eigenvalue weighted by Crippen LogP contribution is 2.27. The lowest BCUT2D eigenvalue weighted by atomic mass is 10.1. The summed E-state index contributed by atoms with van der Waals surface area (Å²) in [6.45, 7) is 1.89. The average molecular weight is 262 g/mol. The summed E-state index contributed by atoms with van der Waals surface area (Å²) in [5, 5.41) is 22.7. The van der Waals surface area contributed by atoms with Crippen LogP contribution >= 0.6 is 0 Å². The number of carboxylic acid groups (broad SMARTS) is 1. The van der Waals surface area contributed by atoms with Gasteiger partial charge in [-0.25, -0.2) is 4.79 Å². The second-order valence-electron chi connectivity index (χ2n) is 3.95. The van der Waals surface area contributed by atoms with Gasteiger partial charge in [0.1, 0.15) is 5.69 Å². The lowest BCUT2D eigenvalue weighted by molar-refractivity contribution is -0.384. The Morgan fingerprint density at radius 1 is 1.63 bits per heavy atom. The van der Waals surface area contributed by atoms with Crippen molar-refractivity contribution in [1.29, 1.82) is 0 Å². The Hall–Kier alpha value is -2.55. The maximum absolute atomic E-state index is 10.9. The number of anilines is 1. The molecule has 0 bridgehead atoms. The van der Waals surface area contributed by atoms with Crippen molar-refractivity contribution in [3.05, 3.63) is 33.9 Å². The van der Waals surface area contributed by atoms with Crippen LogP contribution in [0.5, 0.6) is 0 Å². The molecule has 1 aromatic rings. The van der Waals surface area contributed by atoms with Crippen molar-refractivity contribution in [2.75, 3.05) is 5.32 Å². The summed E-state index contributed by atoms with van der Waals surface area (Å²) in [7, 11) is 0. The number of hydrogen-bond acceptors (Lipinski definition) is 4. The third kappa shape index (κ3) is 3.71. The van der Waals surface area contributed by atoms with E-state index in [1.54, 1.807) is 0 Å². The molecule has 19 heavy (non-hydrogen) atoms. The van der Waals surface area contributed by atoms with Crippen LogP contribution in [0.15, 0.2) is 18.2 Å². The van der Waals surface area contributed by atoms with E-state index < -0.39 is 10.9 Å². The monoisotopic (exact) mass is 262 g/mol. The number of aromatic carboxylic acids is 1. The smallest absolute Gasteiger partial charge is 0.335 e. The fourth-order valence-corrected chi connectivity index (χ4v) is 1.60. The molecule has 0 spiro atoms. The molecule has 1 aromatic carbocycles. The van der Waals surface area contributed by atoms with Crippen LogP contribution in [0, 0.1) is 22.5 Å². The molecule has 2 N–H and O–H groups in total. The van der Waals surface area contributed by atoms with Crippen LogP contribution in [0.3, 0.4) is 0 Å². The molecule has 1 unspecified atom stereocenters. The molecule has 0 saturated carbocycles. The molecular weight excluding hydrogens is 248 g/mol. The van der Waals surface area contributed by atoms with Gasteiger partial charge < -0.3 is 10.4 Å². The van der Waals surface area contributed by atoms with E-state index in [0.29, 0.717) is 12.8 Å². The molecule has 0 aromatic heterocycles. The number of nitrogens with one attached hydrogen (secondary N) is 1. The first-order valence-electron chi connectivity index (χ1n) is 5.71. The Morgan fingerprint density at radius 2 is 2.32 bits per heavy atom. The third-order valence-corrected chi connectivity index (χ3v) is 2.66. The number of nitrogens with zero attached hydrogens (tertiary/aromatic N) is 1. The highest BCUT2D eigenvalue weighted by molar-refractivity contribution is 5.90. The van der Waals surface area contributed by atoms with Crippen LogP contribution in [0.2, 0.25) is 0 Å². The zero-order valence-corrected chi connectivity index (χ0v) is 10.4. The minimum atomic E-state index is -1.14. The van der Waals surface area contributed by atoms with Crippen LogP contribution < -0.4 is 5.32 Å². The SMILES string of the molecule is C#CCC(CC)Nc1cc(C(=O)O)ccc1[N+](=O)[O-]. The maximum atomic E-state index is 10.9. The minimum Gasteiger partial charge on any atom is -0.478 e. The topological polar surface area (TPSA) is 92.5 Å². The molecule has 1 rings (SSSR count). The van der Waals surface area contributed by atoms with Gasteiger partial charge in [-0.2, -0.15) is 0 Å². The van der Waals surface area contributed by atoms with Gasteiger partial charge in [-0.05, 0) is 18.6 Å². The summed E-state index contributed by atoms with van der Waals surface area (Å²) in [5.74, 6) is 1.34. The van der Waals surface area contributed by atoms with E-state index in [1.807, 2.05) is 6.92 Å². The molecule has 0 heterocycles. The third-order valence-electron chi connectivity index (χ3n) is 2.66. The molecule has 6 nitrogen and oxygen atoms in total. The number of hydrogen-bond donors (Lipinski definition) is 2. The first-order chi connectivity index (χ1) is 8.99. The summed E-state index contributed by atoms with van der Waals surface area (Å²) < 4.78 is 0. The molecule has 0 radical (unpaired) electrons. The summed E-state index contributed by atoms with van der Waals surface area (Å²) >= 11 is 0. The highest BCUT2D eigenvalue weighted by Gasteiger charge is 2.18. The van der Waals surface area contributed by atoms with Gasteiger partial charge in [0.05, 0.1) is 10.5 Å². The van der Waals surface area contributed by atoms with E-state index in [4.69, 9.17) is 11.5 Å². The van der Waals surface area contributed by atoms with E-state index in [1.165, 1.54) is 18.2 Å². The van der Waals surface area contributed by atoms with E-state index in [9.17, 15) is 14.9 Å². The van der Waals surface area contributed by atoms with Crippen LogP contribution in [-0.2, 0) is 0 Å². The van der Waals surface area contributed by atoms with Crippen molar-refractivity contribution in [1.82, 2.24) is 0 Å². The molecule has 1 atom stereocenters. The Kier molecular flexibility index (Phi) is 4.89. The molecule has 0 amide bonds. The Morgan fingerprint density at radius 3 is 2.79 bits per heavy atom. The van der Waals surface area contributed by atoms with Crippen LogP contribution in [0.4, 0.5) is 11.4 Å². The normalized spacial score (nSPS) is 11.4. The fourth-order valence-electron chi connectivity index (χ4n) is 1.60. The lowest BCUT2D eigenvalue weighted by Crippen LogP contribution is -2.18. The second kappa shape index (κ2) is 6.40. The molecule has 0 aliphatic rings. The summed E-state index contributed by atoms with van der Waals surface area (Å²) in [4.78, 5) is 21.2. The van der Waals surface area contributed by atoms with Crippen LogP contribution in [0.25, 0.3) is 0 Å². The molecule has 0 aliphatic heterocycles. The zero-order chi connectivity index (χ0) is 14.4. The minimum absolute atomic E-state index is 0.0105. The first kappa shape index (κ1) is 14.5. The van der Waals surface area contributed by atoms with Crippen molar-refractivity contribution >= 4 is 17.3 Å². The number of carbonyl (C=O) groups is 1. The van der Waals surface area contributed by atoms with Crippen LogP contribution in [0.1, 0.15) is 30.1 Å². The number of rotatable bonds is 6. The average Bonchev–Trinajstić information content (AvgIpc) is 2.37. The molecule has 0 saturated heterocycles. The van der Waals surface area contributed by atoms with E-state index >= 15 is 0 Å². The summed E-state index contributed by atoms with van der Waals surface area (Å²) in [6, 6.07) is 3.50. The highest BCUT2D eigenvalue weighted by atomic mass is 16.6. The van der Waals surface area contributed by atoms with Crippen molar-refractivity contribution in [2.45, 2.75) is 25.8 Å². The van der Waals surface area contributed by atoms with Gasteiger partial charge in [0.2, 0.25) is 0 Å². The number of terminal acetylenes is 1. The van der Waals surface area contributed by atoms with Gasteiger partial charge in [-0.15, -0.1) is 12.3 Å². The van der Waals surface area contributed by atoms with Gasteiger partial charge in [-0.3, -0.25) is 10.1 Å². The molecular formula is C13H14N2O4. The number of carboxylic acids is 1. The van der Waals surface area contributed by atoms with Gasteiger partial charge in [-0.1, -0.05) is 6.92 Å². The van der Waals surface area contributed by atoms with Crippen molar-refractivity contribution in [3.8, 4) is 12.3 Å². The molecule has 0 fully saturated rings. The lowest BCUT2D eigenvalue weighted by Gasteiger charge is -2.16. The predicted octanol–water partition coefficient (Wildman–Crippen LogP) is 2.51. The first-order valence-corrected chi connectivity index (χ1v) is 5.71. The standard InChI is InChI=1S/C13H14N2O4/c1-3-5-10(4-2)14-11-8-9(13(16)17)6-7-12(11)15(18)19/h1,6-8,10,14H,4-5H2,2H3,(H,16,17). The van der Waals surface area contributed by atoms with Gasteiger partial charge in [0.15, 0.2) is 0 Å². The largest absolute Gasteiger partial charge is 0.478 e. The van der Waals surface area contributed by atoms with Gasteiger partial charge >= 0.3 is 5.97 Å². The Balaban J connectivity index is 3.14. The Labute approximate surface area is 110 Å². The van der Waals surface area contributed by atoms with Crippen molar-refractivity contribution in [2.24, 2.45) is 0 Å². The summed E-state index contributed by atoms with van der Waals surface area (Å²) in [5.41, 5.74) is -0.00358. The van der Waals surface area contributed by atoms with Crippen LogP contribution in [-0.4, -0.2) is 22.0 Å². The number of benzene rings is 1. The fraction of sp³-hybridized carbons (Fsp3) is 0.308. The zero-order valence-electron chi connectivity index (χ0n) is 10.4. The molecule has 6 heteroatoms. The molecule has 100 valence electrons. The van der Waals surface area contributed by atoms with Gasteiger partial charge in [0, 0.05) is 18.5 Å². The quantitative estimate of drug-likeness (QED) is 0.467. The second-order valence-corrected chi connectivity index (χ2v) is 3.95. The van der Waals surface area contributed by atoms with E-state index in [2.05, 4.69) is 11.2 Å². The predicted molar refractivity (Wildman–Crippen MR) is 71.2 cm³/mol.